The van der Waals surface area contributed by atoms with Crippen LogP contribution in [0.4, 0.5) is 5.69 Å². The van der Waals surface area contributed by atoms with Crippen molar-refractivity contribution in [3.8, 4) is 0 Å². The van der Waals surface area contributed by atoms with E-state index in [1.807, 2.05) is 12.4 Å². The maximum atomic E-state index is 13.0. The van der Waals surface area contributed by atoms with Crippen molar-refractivity contribution in [2.24, 2.45) is 5.92 Å². The van der Waals surface area contributed by atoms with Crippen LogP contribution < -0.4 is 4.90 Å². The molecule has 0 aliphatic carbocycles. The van der Waals surface area contributed by atoms with Crippen LogP contribution >= 0.6 is 12.4 Å². The van der Waals surface area contributed by atoms with Crippen molar-refractivity contribution in [3.05, 3.63) is 36.7 Å². The fraction of sp³-hybridized carbons (Fsp3) is 0.545. The lowest BCUT2D eigenvalue weighted by Gasteiger charge is -2.40. The van der Waals surface area contributed by atoms with E-state index in [9.17, 15) is 4.79 Å². The van der Waals surface area contributed by atoms with Gasteiger partial charge in [0.05, 0.1) is 0 Å². The number of pyridine rings is 1. The molecule has 2 aliphatic heterocycles. The number of anilines is 1. The molecule has 2 saturated heterocycles. The third-order valence-electron chi connectivity index (χ3n) is 6.20. The Morgan fingerprint density at radius 1 is 1.04 bits per heavy atom. The summed E-state index contributed by atoms with van der Waals surface area (Å²) in [6.45, 7) is 10.1. The van der Waals surface area contributed by atoms with Crippen LogP contribution in [0.1, 0.15) is 26.7 Å². The SMILES string of the molecule is CC(C)N1CCN(C(=O)C2CCN(c3cccc4cnccc34)CC2)CC1.Cl. The van der Waals surface area contributed by atoms with Crippen LogP contribution in [0, 0.1) is 5.92 Å². The maximum Gasteiger partial charge on any atom is 0.225 e. The van der Waals surface area contributed by atoms with Gasteiger partial charge < -0.3 is 9.80 Å². The molecule has 5 nitrogen and oxygen atoms in total. The van der Waals surface area contributed by atoms with Crippen molar-refractivity contribution in [2.75, 3.05) is 44.2 Å². The average Bonchev–Trinajstić information content (AvgIpc) is 2.73. The number of hydrogen-bond donors (Lipinski definition) is 0. The Bertz CT molecular complexity index is 791. The summed E-state index contributed by atoms with van der Waals surface area (Å²) >= 11 is 0. The van der Waals surface area contributed by atoms with Crippen LogP contribution in [0.2, 0.25) is 0 Å². The zero-order valence-electron chi connectivity index (χ0n) is 16.9. The highest BCUT2D eigenvalue weighted by Gasteiger charge is 2.31. The average molecular weight is 403 g/mol. The number of rotatable bonds is 3. The summed E-state index contributed by atoms with van der Waals surface area (Å²) in [7, 11) is 0. The van der Waals surface area contributed by atoms with Gasteiger partial charge in [-0.1, -0.05) is 12.1 Å². The Hall–Kier alpha value is -1.85. The molecule has 0 saturated carbocycles. The summed E-state index contributed by atoms with van der Waals surface area (Å²) < 4.78 is 0. The molecule has 4 rings (SSSR count). The van der Waals surface area contributed by atoms with Crippen molar-refractivity contribution < 1.29 is 4.79 Å². The van der Waals surface area contributed by atoms with Gasteiger partial charge in [-0.15, -0.1) is 12.4 Å². The number of carbonyl (C=O) groups excluding carboxylic acids is 1. The van der Waals surface area contributed by atoms with Crippen molar-refractivity contribution in [1.82, 2.24) is 14.8 Å². The zero-order valence-corrected chi connectivity index (χ0v) is 17.7. The second-order valence-electron chi connectivity index (χ2n) is 8.09. The van der Waals surface area contributed by atoms with Gasteiger partial charge in [0.2, 0.25) is 5.91 Å². The second kappa shape index (κ2) is 9.10. The minimum absolute atomic E-state index is 0. The lowest BCUT2D eigenvalue weighted by Crippen LogP contribution is -2.53. The lowest BCUT2D eigenvalue weighted by molar-refractivity contribution is -0.138. The molecule has 2 aromatic rings. The van der Waals surface area contributed by atoms with E-state index < -0.39 is 0 Å². The first-order valence-corrected chi connectivity index (χ1v) is 10.2. The fourth-order valence-corrected chi connectivity index (χ4v) is 4.47. The van der Waals surface area contributed by atoms with Crippen LogP contribution in [0.15, 0.2) is 36.7 Å². The smallest absolute Gasteiger partial charge is 0.225 e. The zero-order chi connectivity index (χ0) is 18.8. The van der Waals surface area contributed by atoms with Gasteiger partial charge in [-0.25, -0.2) is 0 Å². The number of fused-ring (bicyclic) bond motifs is 1. The number of piperidine rings is 1. The summed E-state index contributed by atoms with van der Waals surface area (Å²) in [5.74, 6) is 0.559. The molecule has 0 unspecified atom stereocenters. The number of nitrogens with zero attached hydrogens (tertiary/aromatic N) is 4. The quantitative estimate of drug-likeness (QED) is 0.788. The number of hydrogen-bond acceptors (Lipinski definition) is 4. The van der Waals surface area contributed by atoms with Crippen molar-refractivity contribution >= 4 is 34.8 Å². The Labute approximate surface area is 174 Å². The summed E-state index contributed by atoms with van der Waals surface area (Å²) in [4.78, 5) is 24.2. The molecule has 0 bridgehead atoms. The molecule has 1 aromatic carbocycles. The molecule has 0 spiro atoms. The van der Waals surface area contributed by atoms with Crippen LogP contribution in [-0.4, -0.2) is 66.0 Å². The lowest BCUT2D eigenvalue weighted by atomic mass is 9.94. The Morgan fingerprint density at radius 3 is 2.43 bits per heavy atom. The third-order valence-corrected chi connectivity index (χ3v) is 6.20. The molecule has 1 aromatic heterocycles. The van der Waals surface area contributed by atoms with Gasteiger partial charge in [0.15, 0.2) is 0 Å². The molecule has 0 atom stereocenters. The molecular weight excluding hydrogens is 372 g/mol. The van der Waals surface area contributed by atoms with Crippen LogP contribution in [0.5, 0.6) is 0 Å². The van der Waals surface area contributed by atoms with E-state index in [0.29, 0.717) is 11.9 Å². The van der Waals surface area contributed by atoms with E-state index in [2.05, 4.69) is 57.8 Å². The summed E-state index contributed by atoms with van der Waals surface area (Å²) in [5.41, 5.74) is 1.27. The molecule has 2 aliphatic rings. The van der Waals surface area contributed by atoms with Gasteiger partial charge in [-0.2, -0.15) is 0 Å². The molecule has 1 amide bonds. The molecule has 2 fully saturated rings. The Balaban J connectivity index is 0.00000225. The number of halogens is 1. The highest BCUT2D eigenvalue weighted by molar-refractivity contribution is 5.93. The maximum absolute atomic E-state index is 13.0. The van der Waals surface area contributed by atoms with Gasteiger partial charge in [0.25, 0.3) is 0 Å². The number of benzene rings is 1. The third kappa shape index (κ3) is 4.26. The van der Waals surface area contributed by atoms with E-state index in [0.717, 1.165) is 52.1 Å². The molecular formula is C22H31ClN4O. The molecule has 6 heteroatoms. The minimum atomic E-state index is 0. The molecule has 0 N–H and O–H groups in total. The number of amides is 1. The van der Waals surface area contributed by atoms with Gasteiger partial charge in [0.1, 0.15) is 0 Å². The minimum Gasteiger partial charge on any atom is -0.371 e. The predicted molar refractivity (Wildman–Crippen MR) is 117 cm³/mol. The summed E-state index contributed by atoms with van der Waals surface area (Å²) in [5, 5.41) is 2.43. The van der Waals surface area contributed by atoms with Gasteiger partial charge in [0, 0.05) is 80.1 Å². The molecule has 0 radical (unpaired) electrons. The van der Waals surface area contributed by atoms with Crippen LogP contribution in [-0.2, 0) is 4.79 Å². The number of aromatic nitrogens is 1. The van der Waals surface area contributed by atoms with Crippen molar-refractivity contribution in [1.29, 1.82) is 0 Å². The summed E-state index contributed by atoms with van der Waals surface area (Å²) in [6, 6.07) is 9.07. The number of carbonyl (C=O) groups is 1. The first-order valence-electron chi connectivity index (χ1n) is 10.2. The van der Waals surface area contributed by atoms with Crippen LogP contribution in [0.25, 0.3) is 10.8 Å². The van der Waals surface area contributed by atoms with E-state index in [1.165, 1.54) is 16.5 Å². The van der Waals surface area contributed by atoms with E-state index in [-0.39, 0.29) is 18.3 Å². The van der Waals surface area contributed by atoms with Crippen LogP contribution in [0.3, 0.4) is 0 Å². The molecule has 152 valence electrons. The molecule has 28 heavy (non-hydrogen) atoms. The Morgan fingerprint density at radius 2 is 1.75 bits per heavy atom. The van der Waals surface area contributed by atoms with Gasteiger partial charge in [-0.3, -0.25) is 14.7 Å². The Kier molecular flexibility index (Phi) is 6.78. The standard InChI is InChI=1S/C22H30N4O.ClH/c1-17(2)24-12-14-26(15-13-24)22(27)18-7-10-25(11-8-18)21-5-3-4-19-16-23-9-6-20(19)21;/h3-6,9,16-18H,7-8,10-15H2,1-2H3;1H. The first kappa shape index (κ1) is 20.9. The van der Waals surface area contributed by atoms with E-state index >= 15 is 0 Å². The van der Waals surface area contributed by atoms with Gasteiger partial charge in [-0.05, 0) is 38.8 Å². The highest BCUT2D eigenvalue weighted by Crippen LogP contribution is 2.30. The van der Waals surface area contributed by atoms with E-state index in [1.54, 1.807) is 0 Å². The topological polar surface area (TPSA) is 39.7 Å². The summed E-state index contributed by atoms with van der Waals surface area (Å²) in [6.07, 6.45) is 5.68. The highest BCUT2D eigenvalue weighted by atomic mass is 35.5. The predicted octanol–water partition coefficient (Wildman–Crippen LogP) is 3.43. The first-order chi connectivity index (χ1) is 13.1. The van der Waals surface area contributed by atoms with E-state index in [4.69, 9.17) is 0 Å². The van der Waals surface area contributed by atoms with Crippen molar-refractivity contribution in [2.45, 2.75) is 32.7 Å². The van der Waals surface area contributed by atoms with Gasteiger partial charge >= 0.3 is 0 Å². The fourth-order valence-electron chi connectivity index (χ4n) is 4.47. The normalized spacial score (nSPS) is 19.1. The molecule has 3 heterocycles. The largest absolute Gasteiger partial charge is 0.371 e. The second-order valence-corrected chi connectivity index (χ2v) is 8.09. The van der Waals surface area contributed by atoms with Crippen molar-refractivity contribution in [3.63, 3.8) is 0 Å². The monoisotopic (exact) mass is 402 g/mol. The number of piperazine rings is 1.